The molecule has 0 aromatic heterocycles. The highest BCUT2D eigenvalue weighted by Gasteiger charge is 2.04. The van der Waals surface area contributed by atoms with Crippen molar-refractivity contribution in [2.24, 2.45) is 0 Å². The monoisotopic (exact) mass is 232 g/mol. The zero-order valence-corrected chi connectivity index (χ0v) is 8.28. The van der Waals surface area contributed by atoms with Gasteiger partial charge in [0, 0.05) is 6.07 Å². The molecule has 0 saturated heterocycles. The van der Waals surface area contributed by atoms with E-state index in [2.05, 4.69) is 4.74 Å². The minimum atomic E-state index is -1.09. The van der Waals surface area contributed by atoms with Crippen LogP contribution in [0, 0.1) is 11.6 Å². The maximum atomic E-state index is 13.0. The average Bonchev–Trinajstić information content (AvgIpc) is 2.20. The van der Waals surface area contributed by atoms with E-state index < -0.39 is 24.2 Å². The molecular weight excluding hydrogens is 222 g/mol. The van der Waals surface area contributed by atoms with Crippen LogP contribution < -0.4 is 4.74 Å². The molecular formula is C10H10F2O4. The fourth-order valence-corrected chi connectivity index (χ4v) is 0.962. The summed E-state index contributed by atoms with van der Waals surface area (Å²) < 4.78 is 35.1. The fraction of sp³-hybridized carbons (Fsp3) is 0.300. The molecule has 88 valence electrons. The molecule has 4 nitrogen and oxygen atoms in total. The summed E-state index contributed by atoms with van der Waals surface area (Å²) in [6.07, 6.45) is 0. The van der Waals surface area contributed by atoms with E-state index in [4.69, 9.17) is 9.84 Å². The average molecular weight is 232 g/mol. The number of aliphatic carboxylic acids is 1. The first-order chi connectivity index (χ1) is 7.59. The van der Waals surface area contributed by atoms with E-state index >= 15 is 0 Å². The first kappa shape index (κ1) is 12.4. The predicted octanol–water partition coefficient (Wildman–Crippen LogP) is 1.44. The molecule has 1 aromatic carbocycles. The van der Waals surface area contributed by atoms with Crippen LogP contribution in [0.15, 0.2) is 18.2 Å². The van der Waals surface area contributed by atoms with Gasteiger partial charge in [-0.05, 0) is 12.1 Å². The van der Waals surface area contributed by atoms with E-state index in [0.717, 1.165) is 12.1 Å². The van der Waals surface area contributed by atoms with Gasteiger partial charge in [0.25, 0.3) is 0 Å². The second-order valence-electron chi connectivity index (χ2n) is 2.87. The van der Waals surface area contributed by atoms with E-state index in [0.29, 0.717) is 6.07 Å². The Hall–Kier alpha value is -1.69. The van der Waals surface area contributed by atoms with Crippen LogP contribution in [-0.2, 0) is 9.53 Å². The number of halogens is 2. The number of carboxylic acids is 1. The van der Waals surface area contributed by atoms with Crippen LogP contribution in [0.5, 0.6) is 5.75 Å². The molecule has 0 atom stereocenters. The van der Waals surface area contributed by atoms with Crippen LogP contribution in [0.3, 0.4) is 0 Å². The first-order valence-corrected chi connectivity index (χ1v) is 4.47. The molecule has 1 rings (SSSR count). The van der Waals surface area contributed by atoms with Gasteiger partial charge in [-0.25, -0.2) is 13.6 Å². The summed E-state index contributed by atoms with van der Waals surface area (Å²) in [6.45, 7) is -0.422. The number of ether oxygens (including phenoxy) is 2. The van der Waals surface area contributed by atoms with Crippen molar-refractivity contribution in [2.75, 3.05) is 19.8 Å². The van der Waals surface area contributed by atoms with Gasteiger partial charge in [-0.1, -0.05) is 0 Å². The molecule has 16 heavy (non-hydrogen) atoms. The van der Waals surface area contributed by atoms with Crippen LogP contribution in [0.4, 0.5) is 8.78 Å². The van der Waals surface area contributed by atoms with Gasteiger partial charge >= 0.3 is 5.97 Å². The zero-order chi connectivity index (χ0) is 12.0. The molecule has 0 aliphatic carbocycles. The lowest BCUT2D eigenvalue weighted by atomic mass is 10.3. The van der Waals surface area contributed by atoms with E-state index in [1.54, 1.807) is 0 Å². The molecule has 6 heteroatoms. The van der Waals surface area contributed by atoms with Crippen LogP contribution in [0.25, 0.3) is 0 Å². The molecule has 0 saturated carbocycles. The summed E-state index contributed by atoms with van der Waals surface area (Å²) in [5.74, 6) is -2.68. The predicted molar refractivity (Wildman–Crippen MR) is 50.3 cm³/mol. The maximum Gasteiger partial charge on any atom is 0.329 e. The third-order valence-corrected chi connectivity index (χ3v) is 1.60. The molecule has 1 N–H and O–H groups in total. The SMILES string of the molecule is O=C(O)COCCOc1ccc(F)cc1F. The smallest absolute Gasteiger partial charge is 0.329 e. The highest BCUT2D eigenvalue weighted by atomic mass is 19.1. The zero-order valence-electron chi connectivity index (χ0n) is 8.28. The molecule has 0 fully saturated rings. The number of carbonyl (C=O) groups is 1. The molecule has 0 aliphatic rings. The maximum absolute atomic E-state index is 13.0. The second-order valence-corrected chi connectivity index (χ2v) is 2.87. The minimum absolute atomic E-state index is 0.00413. The lowest BCUT2D eigenvalue weighted by Gasteiger charge is -2.06. The van der Waals surface area contributed by atoms with Crippen molar-refractivity contribution in [3.8, 4) is 5.75 Å². The van der Waals surface area contributed by atoms with Gasteiger partial charge in [-0.3, -0.25) is 0 Å². The Labute approximate surface area is 90.4 Å². The second kappa shape index (κ2) is 6.02. The van der Waals surface area contributed by atoms with Gasteiger partial charge in [0.2, 0.25) is 0 Å². The third-order valence-electron chi connectivity index (χ3n) is 1.60. The summed E-state index contributed by atoms with van der Waals surface area (Å²) in [6, 6.07) is 2.92. The van der Waals surface area contributed by atoms with Gasteiger partial charge in [0.15, 0.2) is 11.6 Å². The number of rotatable bonds is 6. The number of hydrogen-bond acceptors (Lipinski definition) is 3. The van der Waals surface area contributed by atoms with Crippen molar-refractivity contribution in [1.29, 1.82) is 0 Å². The van der Waals surface area contributed by atoms with Crippen molar-refractivity contribution in [2.45, 2.75) is 0 Å². The molecule has 0 radical (unpaired) electrons. The Morgan fingerprint density at radius 2 is 2.06 bits per heavy atom. The highest BCUT2D eigenvalue weighted by Crippen LogP contribution is 2.17. The Morgan fingerprint density at radius 3 is 2.69 bits per heavy atom. The number of benzene rings is 1. The standard InChI is InChI=1S/C10H10F2O4/c11-7-1-2-9(8(12)5-7)16-4-3-15-6-10(13)14/h1-2,5H,3-4,6H2,(H,13,14). The Bertz CT molecular complexity index is 368. The van der Waals surface area contributed by atoms with Crippen LogP contribution in [0.2, 0.25) is 0 Å². The molecule has 0 heterocycles. The van der Waals surface area contributed by atoms with Crippen molar-refractivity contribution in [3.63, 3.8) is 0 Å². The Balaban J connectivity index is 2.29. The summed E-state index contributed by atoms with van der Waals surface area (Å²) in [5, 5.41) is 8.24. The van der Waals surface area contributed by atoms with Crippen molar-refractivity contribution < 1.29 is 28.2 Å². The molecule has 0 spiro atoms. The van der Waals surface area contributed by atoms with Crippen LogP contribution in [0.1, 0.15) is 0 Å². The van der Waals surface area contributed by atoms with Gasteiger partial charge in [0.05, 0.1) is 6.61 Å². The normalized spacial score (nSPS) is 10.1. The fourth-order valence-electron chi connectivity index (χ4n) is 0.962. The molecule has 1 aromatic rings. The van der Waals surface area contributed by atoms with Crippen LogP contribution >= 0.6 is 0 Å². The van der Waals surface area contributed by atoms with E-state index in [1.165, 1.54) is 0 Å². The van der Waals surface area contributed by atoms with Crippen molar-refractivity contribution in [1.82, 2.24) is 0 Å². The minimum Gasteiger partial charge on any atom is -0.488 e. The molecule has 0 bridgehead atoms. The lowest BCUT2D eigenvalue weighted by Crippen LogP contribution is -2.13. The number of hydrogen-bond donors (Lipinski definition) is 1. The Morgan fingerprint density at radius 1 is 1.31 bits per heavy atom. The van der Waals surface area contributed by atoms with Gasteiger partial charge in [-0.15, -0.1) is 0 Å². The highest BCUT2D eigenvalue weighted by molar-refractivity contribution is 5.67. The third kappa shape index (κ3) is 4.22. The van der Waals surface area contributed by atoms with E-state index in [-0.39, 0.29) is 19.0 Å². The summed E-state index contributed by atoms with van der Waals surface area (Å²) >= 11 is 0. The summed E-state index contributed by atoms with van der Waals surface area (Å²) in [7, 11) is 0. The van der Waals surface area contributed by atoms with Crippen LogP contribution in [-0.4, -0.2) is 30.9 Å². The largest absolute Gasteiger partial charge is 0.488 e. The Kier molecular flexibility index (Phi) is 4.65. The van der Waals surface area contributed by atoms with Gasteiger partial charge in [-0.2, -0.15) is 0 Å². The summed E-state index contributed by atoms with van der Waals surface area (Å²) in [4.78, 5) is 10.1. The lowest BCUT2D eigenvalue weighted by molar-refractivity contribution is -0.142. The van der Waals surface area contributed by atoms with Crippen molar-refractivity contribution in [3.05, 3.63) is 29.8 Å². The van der Waals surface area contributed by atoms with Gasteiger partial charge < -0.3 is 14.6 Å². The van der Waals surface area contributed by atoms with Gasteiger partial charge in [0.1, 0.15) is 19.0 Å². The topological polar surface area (TPSA) is 55.8 Å². The molecule has 0 amide bonds. The van der Waals surface area contributed by atoms with Crippen molar-refractivity contribution >= 4 is 5.97 Å². The number of carboxylic acid groups (broad SMARTS) is 1. The summed E-state index contributed by atoms with van der Waals surface area (Å²) in [5.41, 5.74) is 0. The molecule has 0 aliphatic heterocycles. The molecule has 0 unspecified atom stereocenters. The quantitative estimate of drug-likeness (QED) is 0.754. The van der Waals surface area contributed by atoms with E-state index in [9.17, 15) is 13.6 Å². The first-order valence-electron chi connectivity index (χ1n) is 4.47. The van der Waals surface area contributed by atoms with E-state index in [1.807, 2.05) is 0 Å².